The maximum absolute atomic E-state index is 11.8. The number of carbonyl (C=O) groups excluding carboxylic acids is 2. The second-order valence-electron chi connectivity index (χ2n) is 4.29. The van der Waals surface area contributed by atoms with Crippen LogP contribution in [0.3, 0.4) is 0 Å². The molecular weight excluding hydrogens is 381 g/mol. The van der Waals surface area contributed by atoms with Crippen LogP contribution in [0.5, 0.6) is 5.75 Å². The van der Waals surface area contributed by atoms with E-state index in [0.29, 0.717) is 0 Å². The van der Waals surface area contributed by atoms with Crippen molar-refractivity contribution in [1.82, 2.24) is 0 Å². The Morgan fingerprint density at radius 1 is 1.21 bits per heavy atom. The van der Waals surface area contributed by atoms with Crippen LogP contribution in [0.2, 0.25) is 10.0 Å². The quantitative estimate of drug-likeness (QED) is 0.619. The number of carbonyl (C=O) groups is 3. The second-order valence-corrected chi connectivity index (χ2v) is 6.09. The molecule has 0 aliphatic heterocycles. The summed E-state index contributed by atoms with van der Waals surface area (Å²) >= 11 is 12.9. The highest BCUT2D eigenvalue weighted by molar-refractivity contribution is 8.00. The molecule has 0 saturated carbocycles. The molecule has 1 rings (SSSR count). The van der Waals surface area contributed by atoms with E-state index in [4.69, 9.17) is 37.8 Å². The van der Waals surface area contributed by atoms with Crippen molar-refractivity contribution in [2.75, 3.05) is 30.0 Å². The summed E-state index contributed by atoms with van der Waals surface area (Å²) in [5, 5.41) is 11.4. The Labute approximate surface area is 152 Å². The largest absolute Gasteiger partial charge is 0.481 e. The molecule has 0 aliphatic carbocycles. The van der Waals surface area contributed by atoms with Gasteiger partial charge in [-0.25, -0.2) is 4.79 Å². The number of halogens is 2. The summed E-state index contributed by atoms with van der Waals surface area (Å²) in [6.07, 6.45) is 0. The van der Waals surface area contributed by atoms with Crippen LogP contribution in [0, 0.1) is 0 Å². The minimum Gasteiger partial charge on any atom is -0.481 e. The zero-order chi connectivity index (χ0) is 18.1. The fourth-order valence-corrected chi connectivity index (χ4v) is 2.51. The molecule has 1 aromatic carbocycles. The van der Waals surface area contributed by atoms with Gasteiger partial charge in [0.1, 0.15) is 5.75 Å². The molecule has 1 amide bonds. The van der Waals surface area contributed by atoms with Crippen LogP contribution >= 0.6 is 35.0 Å². The van der Waals surface area contributed by atoms with Crippen LogP contribution in [0.15, 0.2) is 12.1 Å². The summed E-state index contributed by atoms with van der Waals surface area (Å²) in [6, 6.07) is 2.74. The third-order valence-corrected chi connectivity index (χ3v) is 3.93. The lowest BCUT2D eigenvalue weighted by Gasteiger charge is -2.12. The molecule has 2 N–H and O–H groups in total. The molecule has 0 fully saturated rings. The van der Waals surface area contributed by atoms with Gasteiger partial charge in [0.2, 0.25) is 5.91 Å². The highest BCUT2D eigenvalue weighted by Gasteiger charge is 2.13. The van der Waals surface area contributed by atoms with Crippen LogP contribution < -0.4 is 10.1 Å². The van der Waals surface area contributed by atoms with Gasteiger partial charge in [0.05, 0.1) is 33.8 Å². The third kappa shape index (κ3) is 7.29. The lowest BCUT2D eigenvalue weighted by molar-refractivity contribution is -0.145. The van der Waals surface area contributed by atoms with Gasteiger partial charge >= 0.3 is 11.9 Å². The molecule has 1 aromatic rings. The third-order valence-electron chi connectivity index (χ3n) is 2.41. The average Bonchev–Trinajstić information content (AvgIpc) is 2.48. The molecule has 0 saturated heterocycles. The lowest BCUT2D eigenvalue weighted by atomic mass is 10.3. The Kier molecular flexibility index (Phi) is 8.73. The Morgan fingerprint density at radius 2 is 1.92 bits per heavy atom. The summed E-state index contributed by atoms with van der Waals surface area (Å²) in [5.74, 6) is -2.07. The Morgan fingerprint density at radius 3 is 2.54 bits per heavy atom. The molecule has 0 spiro atoms. The molecule has 0 unspecified atom stereocenters. The van der Waals surface area contributed by atoms with E-state index in [-0.39, 0.29) is 46.2 Å². The van der Waals surface area contributed by atoms with E-state index in [1.807, 2.05) is 0 Å². The van der Waals surface area contributed by atoms with Crippen molar-refractivity contribution in [3.63, 3.8) is 0 Å². The second kappa shape index (κ2) is 10.3. The monoisotopic (exact) mass is 395 g/mol. The number of thioether (sulfide) groups is 1. The van der Waals surface area contributed by atoms with E-state index in [1.165, 1.54) is 12.1 Å². The van der Waals surface area contributed by atoms with Crippen molar-refractivity contribution in [2.45, 2.75) is 6.92 Å². The molecule has 0 aromatic heterocycles. The molecule has 24 heavy (non-hydrogen) atoms. The number of ether oxygens (including phenoxy) is 2. The lowest BCUT2D eigenvalue weighted by Crippen LogP contribution is -2.17. The fraction of sp³-hybridized carbons (Fsp3) is 0.357. The number of esters is 1. The summed E-state index contributed by atoms with van der Waals surface area (Å²) in [4.78, 5) is 33.5. The van der Waals surface area contributed by atoms with Crippen LogP contribution in [-0.2, 0) is 19.1 Å². The molecule has 10 heteroatoms. The first-order valence-electron chi connectivity index (χ1n) is 6.70. The van der Waals surface area contributed by atoms with Crippen LogP contribution in [-0.4, -0.2) is 47.7 Å². The van der Waals surface area contributed by atoms with Gasteiger partial charge in [0.15, 0.2) is 6.61 Å². The van der Waals surface area contributed by atoms with Crippen LogP contribution in [0.1, 0.15) is 6.92 Å². The van der Waals surface area contributed by atoms with E-state index >= 15 is 0 Å². The molecule has 0 bridgehead atoms. The molecule has 0 atom stereocenters. The van der Waals surface area contributed by atoms with Crippen molar-refractivity contribution in [3.05, 3.63) is 22.2 Å². The van der Waals surface area contributed by atoms with E-state index in [2.05, 4.69) is 5.32 Å². The van der Waals surface area contributed by atoms with Gasteiger partial charge in [-0.1, -0.05) is 23.2 Å². The minimum absolute atomic E-state index is 0.0513. The van der Waals surface area contributed by atoms with E-state index in [9.17, 15) is 14.4 Å². The normalized spacial score (nSPS) is 10.1. The van der Waals surface area contributed by atoms with Crippen LogP contribution in [0.4, 0.5) is 5.69 Å². The maximum Gasteiger partial charge on any atom is 0.344 e. The number of benzene rings is 1. The number of aliphatic carboxylic acids is 1. The van der Waals surface area contributed by atoms with Crippen molar-refractivity contribution in [3.8, 4) is 5.75 Å². The van der Waals surface area contributed by atoms with Crippen molar-refractivity contribution >= 4 is 58.5 Å². The highest BCUT2D eigenvalue weighted by Crippen LogP contribution is 2.34. The first-order valence-corrected chi connectivity index (χ1v) is 8.61. The number of carboxylic acids is 1. The number of carboxylic acid groups (broad SMARTS) is 1. The van der Waals surface area contributed by atoms with Gasteiger partial charge in [-0.3, -0.25) is 9.59 Å². The Bertz CT molecular complexity index is 626. The molecular formula is C14H15Cl2NO6S. The van der Waals surface area contributed by atoms with Gasteiger partial charge in [-0.15, -0.1) is 11.8 Å². The highest BCUT2D eigenvalue weighted by atomic mass is 35.5. The standard InChI is InChI=1S/C14H15Cl2NO6S/c1-2-22-14(21)5-23-11-4-10(8(15)3-9(11)16)17-12(18)6-24-7-13(19)20/h3-4H,2,5-7H2,1H3,(H,17,18)(H,19,20). The molecule has 132 valence electrons. The van der Waals surface area contributed by atoms with Gasteiger partial charge in [-0.2, -0.15) is 0 Å². The SMILES string of the molecule is CCOC(=O)COc1cc(NC(=O)CSCC(=O)O)c(Cl)cc1Cl. The minimum atomic E-state index is -1.01. The molecule has 0 radical (unpaired) electrons. The van der Waals surface area contributed by atoms with Crippen LogP contribution in [0.25, 0.3) is 0 Å². The number of hydrogen-bond donors (Lipinski definition) is 2. The summed E-state index contributed by atoms with van der Waals surface area (Å²) in [7, 11) is 0. The Hall–Kier alpha value is -1.64. The first kappa shape index (κ1) is 20.4. The van der Waals surface area contributed by atoms with E-state index in [0.717, 1.165) is 11.8 Å². The van der Waals surface area contributed by atoms with E-state index < -0.39 is 17.8 Å². The summed E-state index contributed by atoms with van der Waals surface area (Å²) in [6.45, 7) is 1.56. The predicted octanol–water partition coefficient (Wildman–Crippen LogP) is 2.69. The number of hydrogen-bond acceptors (Lipinski definition) is 6. The number of anilines is 1. The number of nitrogens with one attached hydrogen (secondary N) is 1. The van der Waals surface area contributed by atoms with Crippen molar-refractivity contribution in [1.29, 1.82) is 0 Å². The Balaban J connectivity index is 2.70. The zero-order valence-corrected chi connectivity index (χ0v) is 15.0. The van der Waals surface area contributed by atoms with Gasteiger partial charge in [-0.05, 0) is 13.0 Å². The van der Waals surface area contributed by atoms with Gasteiger partial charge in [0.25, 0.3) is 0 Å². The first-order chi connectivity index (χ1) is 11.3. The van der Waals surface area contributed by atoms with E-state index in [1.54, 1.807) is 6.92 Å². The van der Waals surface area contributed by atoms with Crippen molar-refractivity contribution in [2.24, 2.45) is 0 Å². The van der Waals surface area contributed by atoms with Gasteiger partial charge < -0.3 is 19.9 Å². The topological polar surface area (TPSA) is 102 Å². The maximum atomic E-state index is 11.8. The predicted molar refractivity (Wildman–Crippen MR) is 92.2 cm³/mol. The smallest absolute Gasteiger partial charge is 0.344 e. The average molecular weight is 396 g/mol. The molecule has 7 nitrogen and oxygen atoms in total. The number of amides is 1. The van der Waals surface area contributed by atoms with Gasteiger partial charge in [0, 0.05) is 6.07 Å². The fourth-order valence-electron chi connectivity index (χ4n) is 1.49. The molecule has 0 aliphatic rings. The van der Waals surface area contributed by atoms with Crippen molar-refractivity contribution < 1.29 is 29.0 Å². The summed E-state index contributed by atoms with van der Waals surface area (Å²) in [5.41, 5.74) is 0.237. The zero-order valence-electron chi connectivity index (χ0n) is 12.6. The molecule has 0 heterocycles. The summed E-state index contributed by atoms with van der Waals surface area (Å²) < 4.78 is 9.97. The number of rotatable bonds is 9.